The molecule has 1 N–H and O–H groups in total. The van der Waals surface area contributed by atoms with Gasteiger partial charge in [-0.25, -0.2) is 0 Å². The van der Waals surface area contributed by atoms with E-state index in [4.69, 9.17) is 4.74 Å². The first-order valence-electron chi connectivity index (χ1n) is 5.80. The number of hydrogen-bond donors (Lipinski definition) is 1. The molecule has 1 amide bonds. The Hall–Kier alpha value is -0.610. The van der Waals surface area contributed by atoms with Crippen molar-refractivity contribution in [3.05, 3.63) is 0 Å². The third-order valence-corrected chi connectivity index (χ3v) is 3.39. The average Bonchev–Trinajstić information content (AvgIpc) is 2.54. The van der Waals surface area contributed by atoms with Crippen molar-refractivity contribution in [3.8, 4) is 0 Å². The topological polar surface area (TPSA) is 41.6 Å². The Bertz CT molecular complexity index is 229. The van der Waals surface area contributed by atoms with E-state index in [1.165, 1.54) is 0 Å². The number of ether oxygens (including phenoxy) is 1. The van der Waals surface area contributed by atoms with Crippen LogP contribution in [0.15, 0.2) is 0 Å². The molecule has 0 aromatic heterocycles. The molecule has 2 fully saturated rings. The van der Waals surface area contributed by atoms with E-state index in [1.807, 2.05) is 4.90 Å². The van der Waals surface area contributed by atoms with Crippen molar-refractivity contribution in [1.29, 1.82) is 0 Å². The van der Waals surface area contributed by atoms with Crippen LogP contribution in [0.3, 0.4) is 0 Å². The van der Waals surface area contributed by atoms with Crippen molar-refractivity contribution in [2.45, 2.75) is 19.8 Å². The molecule has 1 atom stereocenters. The molecule has 2 aliphatic rings. The number of carbonyl (C=O) groups excluding carboxylic acids is 1. The second-order valence-corrected chi connectivity index (χ2v) is 4.75. The summed E-state index contributed by atoms with van der Waals surface area (Å²) in [5.41, 5.74) is -0.176. The van der Waals surface area contributed by atoms with Gasteiger partial charge < -0.3 is 15.0 Å². The van der Waals surface area contributed by atoms with E-state index in [0.717, 1.165) is 45.6 Å². The summed E-state index contributed by atoms with van der Waals surface area (Å²) < 4.78 is 5.36. The second kappa shape index (κ2) is 4.49. The lowest BCUT2D eigenvalue weighted by atomic mass is 9.88. The van der Waals surface area contributed by atoms with E-state index in [1.54, 1.807) is 0 Å². The van der Waals surface area contributed by atoms with Crippen molar-refractivity contribution in [1.82, 2.24) is 10.2 Å². The van der Waals surface area contributed by atoms with Gasteiger partial charge in [0.1, 0.15) is 0 Å². The SMILES string of the molecule is CC1(C(=O)N2CCCOCC2)CCNC1. The Labute approximate surface area is 91.0 Å². The van der Waals surface area contributed by atoms with Gasteiger partial charge in [0.2, 0.25) is 5.91 Å². The maximum Gasteiger partial charge on any atom is 0.229 e. The van der Waals surface area contributed by atoms with Crippen LogP contribution in [-0.2, 0) is 9.53 Å². The minimum absolute atomic E-state index is 0.176. The van der Waals surface area contributed by atoms with E-state index in [-0.39, 0.29) is 5.41 Å². The molecule has 2 heterocycles. The fourth-order valence-corrected chi connectivity index (χ4v) is 2.33. The smallest absolute Gasteiger partial charge is 0.229 e. The Kier molecular flexibility index (Phi) is 3.26. The van der Waals surface area contributed by atoms with Gasteiger partial charge in [-0.15, -0.1) is 0 Å². The molecule has 2 rings (SSSR count). The van der Waals surface area contributed by atoms with Crippen LogP contribution < -0.4 is 5.32 Å². The van der Waals surface area contributed by atoms with Gasteiger partial charge in [-0.3, -0.25) is 4.79 Å². The summed E-state index contributed by atoms with van der Waals surface area (Å²) in [5, 5.41) is 3.27. The molecule has 2 saturated heterocycles. The van der Waals surface area contributed by atoms with Gasteiger partial charge in [-0.1, -0.05) is 0 Å². The van der Waals surface area contributed by atoms with Gasteiger partial charge in [0.05, 0.1) is 12.0 Å². The molecule has 4 heteroatoms. The molecule has 0 aromatic rings. The minimum Gasteiger partial charge on any atom is -0.380 e. The summed E-state index contributed by atoms with van der Waals surface area (Å²) in [7, 11) is 0. The molecule has 15 heavy (non-hydrogen) atoms. The average molecular weight is 212 g/mol. The van der Waals surface area contributed by atoms with Gasteiger partial charge in [0.25, 0.3) is 0 Å². The summed E-state index contributed by atoms with van der Waals surface area (Å²) in [5.74, 6) is 0.304. The predicted octanol–water partition coefficient (Wildman–Crippen LogP) is 0.235. The lowest BCUT2D eigenvalue weighted by Gasteiger charge is -2.29. The van der Waals surface area contributed by atoms with E-state index in [9.17, 15) is 4.79 Å². The number of nitrogens with one attached hydrogen (secondary N) is 1. The van der Waals surface area contributed by atoms with Crippen molar-refractivity contribution in [2.24, 2.45) is 5.41 Å². The fourth-order valence-electron chi connectivity index (χ4n) is 2.33. The number of amides is 1. The number of nitrogens with zero attached hydrogens (tertiary/aromatic N) is 1. The number of hydrogen-bond acceptors (Lipinski definition) is 3. The maximum atomic E-state index is 12.3. The zero-order valence-corrected chi connectivity index (χ0v) is 9.42. The maximum absolute atomic E-state index is 12.3. The van der Waals surface area contributed by atoms with E-state index in [2.05, 4.69) is 12.2 Å². The van der Waals surface area contributed by atoms with E-state index in [0.29, 0.717) is 12.5 Å². The summed E-state index contributed by atoms with van der Waals surface area (Å²) in [4.78, 5) is 14.3. The van der Waals surface area contributed by atoms with Crippen molar-refractivity contribution < 1.29 is 9.53 Å². The first-order chi connectivity index (χ1) is 7.22. The van der Waals surface area contributed by atoms with Crippen LogP contribution in [0.1, 0.15) is 19.8 Å². The normalized spacial score (nSPS) is 32.7. The largest absolute Gasteiger partial charge is 0.380 e. The molecule has 1 unspecified atom stereocenters. The molecular formula is C11H20N2O2. The first kappa shape index (κ1) is 10.9. The third kappa shape index (κ3) is 2.32. The zero-order chi connectivity index (χ0) is 10.7. The molecule has 0 saturated carbocycles. The fraction of sp³-hybridized carbons (Fsp3) is 0.909. The van der Waals surface area contributed by atoms with E-state index < -0.39 is 0 Å². The molecule has 0 radical (unpaired) electrons. The van der Waals surface area contributed by atoms with Crippen LogP contribution in [0.5, 0.6) is 0 Å². The molecule has 0 aliphatic carbocycles. The number of rotatable bonds is 1. The predicted molar refractivity (Wildman–Crippen MR) is 57.6 cm³/mol. The molecule has 86 valence electrons. The molecule has 4 nitrogen and oxygen atoms in total. The molecule has 0 aromatic carbocycles. The van der Waals surface area contributed by atoms with Gasteiger partial charge >= 0.3 is 0 Å². The standard InChI is InChI=1S/C11H20N2O2/c1-11(3-4-12-9-11)10(14)13-5-2-7-15-8-6-13/h12H,2-9H2,1H3. The quantitative estimate of drug-likeness (QED) is 0.677. The van der Waals surface area contributed by atoms with E-state index >= 15 is 0 Å². The van der Waals surface area contributed by atoms with Gasteiger partial charge in [-0.2, -0.15) is 0 Å². The Morgan fingerprint density at radius 3 is 3.00 bits per heavy atom. The molecular weight excluding hydrogens is 192 g/mol. The summed E-state index contributed by atoms with van der Waals surface area (Å²) >= 11 is 0. The van der Waals surface area contributed by atoms with Gasteiger partial charge in [0, 0.05) is 26.2 Å². The zero-order valence-electron chi connectivity index (χ0n) is 9.42. The first-order valence-corrected chi connectivity index (χ1v) is 5.80. The molecule has 2 aliphatic heterocycles. The minimum atomic E-state index is -0.176. The highest BCUT2D eigenvalue weighted by molar-refractivity contribution is 5.83. The van der Waals surface area contributed by atoms with Crippen LogP contribution >= 0.6 is 0 Å². The van der Waals surface area contributed by atoms with Crippen LogP contribution in [-0.4, -0.2) is 50.2 Å². The lowest BCUT2D eigenvalue weighted by molar-refractivity contribution is -0.140. The van der Waals surface area contributed by atoms with Crippen molar-refractivity contribution in [3.63, 3.8) is 0 Å². The van der Waals surface area contributed by atoms with Crippen molar-refractivity contribution in [2.75, 3.05) is 39.4 Å². The molecule has 0 spiro atoms. The summed E-state index contributed by atoms with van der Waals surface area (Å²) in [6, 6.07) is 0. The highest BCUT2D eigenvalue weighted by Gasteiger charge is 2.39. The third-order valence-electron chi connectivity index (χ3n) is 3.39. The van der Waals surface area contributed by atoms with Gasteiger partial charge in [0.15, 0.2) is 0 Å². The summed E-state index contributed by atoms with van der Waals surface area (Å²) in [6.07, 6.45) is 1.93. The molecule has 0 bridgehead atoms. The van der Waals surface area contributed by atoms with Crippen LogP contribution in [0.2, 0.25) is 0 Å². The van der Waals surface area contributed by atoms with Gasteiger partial charge in [-0.05, 0) is 26.3 Å². The second-order valence-electron chi connectivity index (χ2n) is 4.75. The van der Waals surface area contributed by atoms with Crippen molar-refractivity contribution >= 4 is 5.91 Å². The highest BCUT2D eigenvalue weighted by Crippen LogP contribution is 2.27. The Balaban J connectivity index is 1.98. The van der Waals surface area contributed by atoms with Crippen LogP contribution in [0.25, 0.3) is 0 Å². The van der Waals surface area contributed by atoms with Crippen LogP contribution in [0, 0.1) is 5.41 Å². The Morgan fingerprint density at radius 2 is 2.27 bits per heavy atom. The highest BCUT2D eigenvalue weighted by atomic mass is 16.5. The number of carbonyl (C=O) groups is 1. The monoisotopic (exact) mass is 212 g/mol. The van der Waals surface area contributed by atoms with Crippen LogP contribution in [0.4, 0.5) is 0 Å². The summed E-state index contributed by atoms with van der Waals surface area (Å²) in [6.45, 7) is 6.95. The lowest BCUT2D eigenvalue weighted by Crippen LogP contribution is -2.44. The Morgan fingerprint density at radius 1 is 1.40 bits per heavy atom.